The first-order chi connectivity index (χ1) is 18.8. The Kier molecular flexibility index (Phi) is 7.28. The van der Waals surface area contributed by atoms with Gasteiger partial charge in [-0.05, 0) is 42.3 Å². The van der Waals surface area contributed by atoms with Crippen molar-refractivity contribution < 1.29 is 18.8 Å². The lowest BCUT2D eigenvalue weighted by molar-refractivity contribution is -0.384. The molecule has 0 bridgehead atoms. The summed E-state index contributed by atoms with van der Waals surface area (Å²) in [6.07, 6.45) is 0. The normalized spacial score (nSPS) is 14.4. The number of ether oxygens (including phenoxy) is 1. The number of allylic oxidation sites excluding steroid dienone is 1. The van der Waals surface area contributed by atoms with Gasteiger partial charge in [-0.1, -0.05) is 48.2 Å². The number of nitro benzene ring substituents is 1. The van der Waals surface area contributed by atoms with Crippen LogP contribution in [-0.2, 0) is 10.5 Å². The number of nitrogens with one attached hydrogen (secondary N) is 2. The van der Waals surface area contributed by atoms with Crippen LogP contribution in [0.2, 0.25) is 0 Å². The van der Waals surface area contributed by atoms with Crippen molar-refractivity contribution in [3.63, 3.8) is 0 Å². The predicted molar refractivity (Wildman–Crippen MR) is 145 cm³/mol. The minimum Gasteiger partial charge on any atom is -0.495 e. The van der Waals surface area contributed by atoms with Crippen molar-refractivity contribution in [2.75, 3.05) is 17.7 Å². The molecule has 198 valence electrons. The summed E-state index contributed by atoms with van der Waals surface area (Å²) in [5.74, 6) is 0.655. The third kappa shape index (κ3) is 5.46. The molecule has 0 spiro atoms. The quantitative estimate of drug-likeness (QED) is 0.167. The molecular formula is C27H23FN6O4S. The van der Waals surface area contributed by atoms with Gasteiger partial charge in [0, 0.05) is 23.6 Å². The summed E-state index contributed by atoms with van der Waals surface area (Å²) >= 11 is 1.35. The maximum atomic E-state index is 13.8. The molecule has 0 aliphatic carbocycles. The Balaban J connectivity index is 1.46. The number of non-ortho nitro benzene ring substituents is 1. The number of para-hydroxylation sites is 2. The van der Waals surface area contributed by atoms with E-state index in [9.17, 15) is 19.3 Å². The maximum absolute atomic E-state index is 13.8. The molecule has 0 saturated carbocycles. The van der Waals surface area contributed by atoms with Crippen LogP contribution in [0, 0.1) is 15.9 Å². The number of rotatable bonds is 8. The lowest BCUT2D eigenvalue weighted by atomic mass is 9.95. The molecule has 0 radical (unpaired) electrons. The molecule has 1 atom stereocenters. The molecule has 0 fully saturated rings. The number of nitrogens with zero attached hydrogens (tertiary/aromatic N) is 4. The molecule has 3 aromatic carbocycles. The zero-order valence-electron chi connectivity index (χ0n) is 20.9. The van der Waals surface area contributed by atoms with Crippen molar-refractivity contribution in [2.45, 2.75) is 23.9 Å². The van der Waals surface area contributed by atoms with E-state index in [1.54, 1.807) is 60.1 Å². The Bertz CT molecular complexity index is 1570. The fourth-order valence-electron chi connectivity index (χ4n) is 4.24. The Morgan fingerprint density at radius 2 is 1.87 bits per heavy atom. The monoisotopic (exact) mass is 546 g/mol. The van der Waals surface area contributed by atoms with Crippen LogP contribution in [0.4, 0.5) is 21.7 Å². The molecule has 2 N–H and O–H groups in total. The molecular weight excluding hydrogens is 523 g/mol. The van der Waals surface area contributed by atoms with Gasteiger partial charge < -0.3 is 15.4 Å². The first kappa shape index (κ1) is 25.9. The van der Waals surface area contributed by atoms with E-state index in [2.05, 4.69) is 20.7 Å². The van der Waals surface area contributed by atoms with Crippen LogP contribution >= 0.6 is 11.8 Å². The molecule has 2 heterocycles. The average molecular weight is 547 g/mol. The van der Waals surface area contributed by atoms with Crippen LogP contribution < -0.4 is 15.4 Å². The van der Waals surface area contributed by atoms with Crippen molar-refractivity contribution in [1.82, 2.24) is 14.8 Å². The molecule has 0 saturated heterocycles. The van der Waals surface area contributed by atoms with Gasteiger partial charge in [-0.2, -0.15) is 4.98 Å². The summed E-state index contributed by atoms with van der Waals surface area (Å²) in [7, 11) is 1.52. The summed E-state index contributed by atoms with van der Waals surface area (Å²) in [5.41, 5.74) is 3.01. The van der Waals surface area contributed by atoms with Gasteiger partial charge in [-0.3, -0.25) is 14.9 Å². The van der Waals surface area contributed by atoms with Crippen LogP contribution in [0.1, 0.15) is 24.1 Å². The van der Waals surface area contributed by atoms with E-state index >= 15 is 0 Å². The number of amides is 1. The molecule has 39 heavy (non-hydrogen) atoms. The van der Waals surface area contributed by atoms with Crippen molar-refractivity contribution in [3.8, 4) is 5.75 Å². The molecule has 4 aromatic rings. The van der Waals surface area contributed by atoms with E-state index in [1.165, 1.54) is 43.1 Å². The number of aromatic nitrogens is 3. The van der Waals surface area contributed by atoms with Gasteiger partial charge in [0.15, 0.2) is 0 Å². The number of carbonyl (C=O) groups excluding carboxylic acids is 1. The molecule has 10 nitrogen and oxygen atoms in total. The number of carbonyl (C=O) groups is 1. The number of anilines is 2. The van der Waals surface area contributed by atoms with E-state index in [0.717, 1.165) is 5.56 Å². The predicted octanol–water partition coefficient (Wildman–Crippen LogP) is 5.55. The summed E-state index contributed by atoms with van der Waals surface area (Å²) < 4.78 is 20.8. The number of hydrogen-bond acceptors (Lipinski definition) is 8. The lowest BCUT2D eigenvalue weighted by Gasteiger charge is -2.28. The zero-order valence-corrected chi connectivity index (χ0v) is 21.7. The third-order valence-corrected chi connectivity index (χ3v) is 7.04. The fourth-order valence-corrected chi connectivity index (χ4v) is 5.02. The summed E-state index contributed by atoms with van der Waals surface area (Å²) in [4.78, 5) is 28.7. The van der Waals surface area contributed by atoms with Crippen molar-refractivity contribution in [1.29, 1.82) is 0 Å². The van der Waals surface area contributed by atoms with Crippen molar-refractivity contribution in [3.05, 3.63) is 111 Å². The number of methoxy groups -OCH3 is 1. The van der Waals surface area contributed by atoms with E-state index in [1.807, 2.05) is 0 Å². The van der Waals surface area contributed by atoms with Crippen LogP contribution in [0.5, 0.6) is 5.75 Å². The van der Waals surface area contributed by atoms with E-state index in [0.29, 0.717) is 45.1 Å². The average Bonchev–Trinajstić information content (AvgIpc) is 3.34. The second-order valence-corrected chi connectivity index (χ2v) is 9.59. The van der Waals surface area contributed by atoms with Crippen molar-refractivity contribution in [2.24, 2.45) is 0 Å². The van der Waals surface area contributed by atoms with Gasteiger partial charge in [0.1, 0.15) is 17.6 Å². The van der Waals surface area contributed by atoms with Crippen LogP contribution in [-0.4, -0.2) is 32.7 Å². The highest BCUT2D eigenvalue weighted by Crippen LogP contribution is 2.37. The molecule has 1 aliphatic heterocycles. The van der Waals surface area contributed by atoms with Crippen LogP contribution in [0.25, 0.3) is 0 Å². The van der Waals surface area contributed by atoms with Gasteiger partial charge >= 0.3 is 0 Å². The number of halogens is 1. The highest BCUT2D eigenvalue weighted by atomic mass is 32.2. The SMILES string of the molecule is COc1ccccc1NC(=O)C1=C(C)Nc2nc(SCc3ccc([N+](=O)[O-])cc3)nn2C1c1ccc(F)cc1. The van der Waals surface area contributed by atoms with Gasteiger partial charge in [-0.15, -0.1) is 5.10 Å². The number of fused-ring (bicyclic) bond motifs is 1. The van der Waals surface area contributed by atoms with Gasteiger partial charge in [0.2, 0.25) is 11.1 Å². The number of nitro groups is 1. The first-order valence-corrected chi connectivity index (χ1v) is 12.8. The van der Waals surface area contributed by atoms with Gasteiger partial charge in [0.25, 0.3) is 11.6 Å². The summed E-state index contributed by atoms with van der Waals surface area (Å²) in [6, 6.07) is 18.6. The van der Waals surface area contributed by atoms with E-state index < -0.39 is 16.8 Å². The van der Waals surface area contributed by atoms with Crippen LogP contribution in [0.15, 0.2) is 89.2 Å². The largest absolute Gasteiger partial charge is 0.495 e. The van der Waals surface area contributed by atoms with Gasteiger partial charge in [-0.25, -0.2) is 9.07 Å². The number of hydrogen-bond donors (Lipinski definition) is 2. The third-order valence-electron chi connectivity index (χ3n) is 6.13. The number of thioether (sulfide) groups is 1. The second kappa shape index (κ2) is 11.0. The molecule has 5 rings (SSSR count). The first-order valence-electron chi connectivity index (χ1n) is 11.8. The Hall–Kier alpha value is -4.71. The molecule has 1 aromatic heterocycles. The fraction of sp³-hybridized carbons (Fsp3) is 0.148. The van der Waals surface area contributed by atoms with E-state index in [-0.39, 0.29) is 11.6 Å². The standard InChI is InChI=1S/C27H23FN6O4S/c1-16-23(25(35)30-21-5-3-4-6-22(21)38-2)24(18-9-11-19(28)12-10-18)33-26(29-16)31-27(32-33)39-15-17-7-13-20(14-8-17)34(36)37/h3-14,24H,15H2,1-2H3,(H,30,35)(H,29,31,32). The maximum Gasteiger partial charge on any atom is 0.269 e. The van der Waals surface area contributed by atoms with Gasteiger partial charge in [0.05, 0.1) is 23.3 Å². The Morgan fingerprint density at radius 3 is 2.56 bits per heavy atom. The minimum atomic E-state index is -0.683. The minimum absolute atomic E-state index is 0.0196. The highest BCUT2D eigenvalue weighted by Gasteiger charge is 2.34. The molecule has 1 amide bonds. The second-order valence-electron chi connectivity index (χ2n) is 8.65. The van der Waals surface area contributed by atoms with Crippen LogP contribution in [0.3, 0.4) is 0 Å². The molecule has 1 aliphatic rings. The Labute approximate surface area is 227 Å². The topological polar surface area (TPSA) is 124 Å². The molecule has 1 unspecified atom stereocenters. The van der Waals surface area contributed by atoms with E-state index in [4.69, 9.17) is 4.74 Å². The lowest BCUT2D eigenvalue weighted by Crippen LogP contribution is -2.31. The Morgan fingerprint density at radius 1 is 1.15 bits per heavy atom. The number of benzene rings is 3. The zero-order chi connectivity index (χ0) is 27.5. The highest BCUT2D eigenvalue weighted by molar-refractivity contribution is 7.98. The summed E-state index contributed by atoms with van der Waals surface area (Å²) in [6.45, 7) is 1.77. The summed E-state index contributed by atoms with van der Waals surface area (Å²) in [5, 5.41) is 22.1. The van der Waals surface area contributed by atoms with Crippen molar-refractivity contribution >= 4 is 35.0 Å². The smallest absolute Gasteiger partial charge is 0.269 e. The molecule has 12 heteroatoms.